The van der Waals surface area contributed by atoms with Gasteiger partial charge in [-0.3, -0.25) is 14.4 Å². The summed E-state index contributed by atoms with van der Waals surface area (Å²) in [6, 6.07) is 0. The van der Waals surface area contributed by atoms with Crippen molar-refractivity contribution in [3.8, 4) is 0 Å². The van der Waals surface area contributed by atoms with E-state index in [2.05, 4.69) is 81.5 Å². The van der Waals surface area contributed by atoms with E-state index in [9.17, 15) is 34.5 Å². The molecule has 1 saturated heterocycles. The number of allylic oxidation sites excluding steroid dienone is 10. The second kappa shape index (κ2) is 51.2. The zero-order valence-corrected chi connectivity index (χ0v) is 47.5. The lowest BCUT2D eigenvalue weighted by Crippen LogP contribution is -2.61. The van der Waals surface area contributed by atoms with Gasteiger partial charge < -0.3 is 39.0 Å². The van der Waals surface area contributed by atoms with Crippen molar-refractivity contribution in [3.63, 3.8) is 0 Å². The summed E-state index contributed by atoms with van der Waals surface area (Å²) in [5, 5.41) is 31.5. The third-order valence-electron chi connectivity index (χ3n) is 13.6. The van der Waals surface area contributed by atoms with Gasteiger partial charge in [-0.25, -0.2) is 4.79 Å². The molecule has 0 radical (unpaired) electrons. The number of esters is 3. The lowest BCUT2D eigenvalue weighted by atomic mass is 9.98. The summed E-state index contributed by atoms with van der Waals surface area (Å²) in [5.41, 5.74) is 0. The standard InChI is InChI=1S/C63H108O12/c1-4-7-10-13-16-19-21-23-25-27-28-30-32-34-36-39-42-45-48-51-57(66)74-61-59(68)58(67)60(62(69)70)75-63(61)72-53-54(73-56(65)50-47-44-41-37-18-15-12-9-6-3)52-71-55(64)49-46-43-40-38-35-33-31-29-26-24-22-20-17-14-11-8-5-2/h16-17,19-20,23-26,28,30,54,58-61,63,67-68H,4-15,18,21-22,27,29,31-53H2,1-3H3,(H,69,70)/b19-16-,20-17-,25-23-,26-24-,30-28-. The molecule has 0 saturated carbocycles. The van der Waals surface area contributed by atoms with E-state index < -0.39 is 67.3 Å². The quantitative estimate of drug-likeness (QED) is 0.0228. The van der Waals surface area contributed by atoms with E-state index in [0.29, 0.717) is 19.3 Å². The fourth-order valence-corrected chi connectivity index (χ4v) is 8.88. The smallest absolute Gasteiger partial charge is 0.335 e. The maximum atomic E-state index is 13.1. The monoisotopic (exact) mass is 1060 g/mol. The van der Waals surface area contributed by atoms with Crippen LogP contribution in [0, 0.1) is 0 Å². The molecule has 1 aliphatic rings. The van der Waals surface area contributed by atoms with Crippen LogP contribution < -0.4 is 0 Å². The van der Waals surface area contributed by atoms with Crippen LogP contribution in [0.5, 0.6) is 0 Å². The number of aliphatic hydroxyl groups is 2. The Labute approximate surface area is 456 Å². The van der Waals surface area contributed by atoms with E-state index in [1.165, 1.54) is 96.3 Å². The largest absolute Gasteiger partial charge is 0.479 e. The number of carboxylic acid groups (broad SMARTS) is 1. The van der Waals surface area contributed by atoms with Gasteiger partial charge in [-0.2, -0.15) is 0 Å². The Morgan fingerprint density at radius 1 is 0.440 bits per heavy atom. The van der Waals surface area contributed by atoms with Crippen LogP contribution in [0.2, 0.25) is 0 Å². The third kappa shape index (κ3) is 41.2. The first-order valence-electron chi connectivity index (χ1n) is 30.3. The molecule has 0 bridgehead atoms. The summed E-state index contributed by atoms with van der Waals surface area (Å²) in [4.78, 5) is 51.0. The van der Waals surface area contributed by atoms with E-state index >= 15 is 0 Å². The number of ether oxygens (including phenoxy) is 5. The molecule has 6 unspecified atom stereocenters. The molecule has 0 aliphatic carbocycles. The Bertz CT molecular complexity index is 1540. The number of carboxylic acids is 1. The van der Waals surface area contributed by atoms with Crippen molar-refractivity contribution < 1.29 is 58.2 Å². The van der Waals surface area contributed by atoms with Gasteiger partial charge in [0.1, 0.15) is 18.8 Å². The second-order valence-corrected chi connectivity index (χ2v) is 20.6. The van der Waals surface area contributed by atoms with Gasteiger partial charge in [-0.1, -0.05) is 216 Å². The highest BCUT2D eigenvalue weighted by Gasteiger charge is 2.50. The van der Waals surface area contributed by atoms with Crippen molar-refractivity contribution in [1.29, 1.82) is 0 Å². The van der Waals surface area contributed by atoms with Crippen molar-refractivity contribution >= 4 is 23.9 Å². The molecule has 1 rings (SSSR count). The van der Waals surface area contributed by atoms with Crippen molar-refractivity contribution in [2.75, 3.05) is 13.2 Å². The number of hydrogen-bond donors (Lipinski definition) is 3. The molecule has 12 nitrogen and oxygen atoms in total. The minimum absolute atomic E-state index is 0.0456. The number of aliphatic hydroxyl groups excluding tert-OH is 2. The fourth-order valence-electron chi connectivity index (χ4n) is 8.88. The molecule has 1 heterocycles. The van der Waals surface area contributed by atoms with Crippen LogP contribution in [0.4, 0.5) is 0 Å². The summed E-state index contributed by atoms with van der Waals surface area (Å²) >= 11 is 0. The summed E-state index contributed by atoms with van der Waals surface area (Å²) in [7, 11) is 0. The maximum absolute atomic E-state index is 13.1. The molecular weight excluding hydrogens is 949 g/mol. The van der Waals surface area contributed by atoms with Crippen LogP contribution in [0.25, 0.3) is 0 Å². The van der Waals surface area contributed by atoms with E-state index in [1.807, 2.05) is 0 Å². The SMILES string of the molecule is CCCCC/C=C\C/C=C\C/C=C\CCCCCCCCC(=O)OC1C(OCC(COC(=O)CCCCCCCCC/C=C\C/C=C\CCCCC)OC(=O)CCCCCCCCCCC)OC(C(=O)O)C(O)C1O. The first kappa shape index (κ1) is 69.4. The molecule has 0 aromatic heterocycles. The fraction of sp³-hybridized carbons (Fsp3) is 0.778. The third-order valence-corrected chi connectivity index (χ3v) is 13.6. The molecule has 1 aliphatic heterocycles. The molecule has 0 spiro atoms. The van der Waals surface area contributed by atoms with Gasteiger partial charge in [0.15, 0.2) is 24.6 Å². The minimum atomic E-state index is -1.91. The van der Waals surface area contributed by atoms with E-state index in [4.69, 9.17) is 23.7 Å². The van der Waals surface area contributed by atoms with Gasteiger partial charge in [0.05, 0.1) is 6.61 Å². The number of carbonyl (C=O) groups is 4. The van der Waals surface area contributed by atoms with Crippen molar-refractivity contribution in [3.05, 3.63) is 60.8 Å². The van der Waals surface area contributed by atoms with Crippen LogP contribution in [-0.4, -0.2) is 89.2 Å². The van der Waals surface area contributed by atoms with Crippen LogP contribution in [-0.2, 0) is 42.9 Å². The Balaban J connectivity index is 2.63. The normalized spacial score (nSPS) is 18.5. The predicted molar refractivity (Wildman–Crippen MR) is 303 cm³/mol. The lowest BCUT2D eigenvalue weighted by molar-refractivity contribution is -0.301. The molecular formula is C63H108O12. The topological polar surface area (TPSA) is 175 Å². The van der Waals surface area contributed by atoms with Gasteiger partial charge >= 0.3 is 23.9 Å². The number of rotatable bonds is 51. The van der Waals surface area contributed by atoms with Crippen LogP contribution in [0.15, 0.2) is 60.8 Å². The summed E-state index contributed by atoms with van der Waals surface area (Å²) in [6.45, 7) is 5.91. The first-order valence-corrected chi connectivity index (χ1v) is 30.3. The van der Waals surface area contributed by atoms with Crippen LogP contribution in [0.3, 0.4) is 0 Å². The first-order chi connectivity index (χ1) is 36.6. The second-order valence-electron chi connectivity index (χ2n) is 20.6. The predicted octanol–water partition coefficient (Wildman–Crippen LogP) is 15.6. The van der Waals surface area contributed by atoms with Gasteiger partial charge in [0.2, 0.25) is 0 Å². The average molecular weight is 1060 g/mol. The number of hydrogen-bond acceptors (Lipinski definition) is 11. The zero-order valence-electron chi connectivity index (χ0n) is 47.5. The highest BCUT2D eigenvalue weighted by molar-refractivity contribution is 5.74. The van der Waals surface area contributed by atoms with Crippen molar-refractivity contribution in [2.24, 2.45) is 0 Å². The Morgan fingerprint density at radius 3 is 1.24 bits per heavy atom. The number of unbranched alkanes of at least 4 members (excludes halogenated alkanes) is 27. The Morgan fingerprint density at radius 2 is 0.800 bits per heavy atom. The van der Waals surface area contributed by atoms with E-state index in [0.717, 1.165) is 109 Å². The molecule has 6 atom stereocenters. The lowest BCUT2D eigenvalue weighted by Gasteiger charge is -2.40. The Hall–Kier alpha value is -3.58. The molecule has 12 heteroatoms. The summed E-state index contributed by atoms with van der Waals surface area (Å²) < 4.78 is 28.4. The highest BCUT2D eigenvalue weighted by Crippen LogP contribution is 2.26. The van der Waals surface area contributed by atoms with Crippen LogP contribution >= 0.6 is 0 Å². The van der Waals surface area contributed by atoms with E-state index in [1.54, 1.807) is 0 Å². The van der Waals surface area contributed by atoms with Gasteiger partial charge in [0, 0.05) is 19.3 Å². The van der Waals surface area contributed by atoms with Gasteiger partial charge in [-0.05, 0) is 89.9 Å². The molecule has 75 heavy (non-hydrogen) atoms. The summed E-state index contributed by atoms with van der Waals surface area (Å²) in [6.07, 6.45) is 50.5. The minimum Gasteiger partial charge on any atom is -0.479 e. The molecule has 0 aromatic rings. The van der Waals surface area contributed by atoms with Gasteiger partial charge in [0.25, 0.3) is 0 Å². The van der Waals surface area contributed by atoms with Crippen molar-refractivity contribution in [1.82, 2.24) is 0 Å². The van der Waals surface area contributed by atoms with E-state index in [-0.39, 0.29) is 25.9 Å². The molecule has 0 amide bonds. The zero-order chi connectivity index (χ0) is 54.7. The molecule has 432 valence electrons. The number of carbonyl (C=O) groups excluding carboxylic acids is 3. The summed E-state index contributed by atoms with van der Waals surface area (Å²) in [5.74, 6) is -3.14. The maximum Gasteiger partial charge on any atom is 0.335 e. The number of aliphatic carboxylic acids is 1. The highest BCUT2D eigenvalue weighted by atomic mass is 16.7. The Kier molecular flexibility index (Phi) is 47.4. The molecule has 0 aromatic carbocycles. The average Bonchev–Trinajstić information content (AvgIpc) is 3.39. The van der Waals surface area contributed by atoms with Crippen molar-refractivity contribution in [2.45, 2.75) is 302 Å². The molecule has 1 fully saturated rings. The molecule has 3 N–H and O–H groups in total. The van der Waals surface area contributed by atoms with Gasteiger partial charge in [-0.15, -0.1) is 0 Å². The van der Waals surface area contributed by atoms with Crippen LogP contribution in [0.1, 0.15) is 265 Å².